The molecule has 1 heterocycles. The summed E-state index contributed by atoms with van der Waals surface area (Å²) >= 11 is -1.58. The van der Waals surface area contributed by atoms with Gasteiger partial charge >= 0.3 is 5.97 Å². The van der Waals surface area contributed by atoms with Crippen molar-refractivity contribution < 1.29 is 22.9 Å². The number of carbonyl (C=O) groups is 1. The van der Waals surface area contributed by atoms with Gasteiger partial charge in [0.1, 0.15) is 23.0 Å². The smallest absolute Gasteiger partial charge is 0.340 e. The standard InChI is InChI=1S/C17H15F2NO3S/c1-23-17(21)14-9-11-3-2-8-20(16(11)10-15(14)19)24(22)13-6-4-12(18)5-7-13/h4-7,9-10H,2-3,8H2,1H3. The lowest BCUT2D eigenvalue weighted by molar-refractivity contribution is 0.0595. The van der Waals surface area contributed by atoms with E-state index in [1.165, 1.54) is 43.5 Å². The molecule has 0 saturated heterocycles. The normalized spacial score (nSPS) is 14.9. The van der Waals surface area contributed by atoms with Crippen LogP contribution in [0.4, 0.5) is 14.5 Å². The van der Waals surface area contributed by atoms with E-state index in [4.69, 9.17) is 0 Å². The molecule has 0 N–H and O–H groups in total. The number of aryl methyl sites for hydroxylation is 1. The predicted molar refractivity (Wildman–Crippen MR) is 86.2 cm³/mol. The van der Waals surface area contributed by atoms with Crippen molar-refractivity contribution in [1.29, 1.82) is 0 Å². The van der Waals surface area contributed by atoms with Crippen LogP contribution in [0, 0.1) is 11.6 Å². The van der Waals surface area contributed by atoms with E-state index in [9.17, 15) is 18.1 Å². The van der Waals surface area contributed by atoms with Crippen LogP contribution in [0.25, 0.3) is 0 Å². The molecule has 0 spiro atoms. The van der Waals surface area contributed by atoms with E-state index in [-0.39, 0.29) is 5.56 Å². The van der Waals surface area contributed by atoms with E-state index in [2.05, 4.69) is 4.74 Å². The molecule has 0 bridgehead atoms. The van der Waals surface area contributed by atoms with Crippen LogP contribution in [0.5, 0.6) is 0 Å². The van der Waals surface area contributed by atoms with Gasteiger partial charge in [-0.2, -0.15) is 4.31 Å². The summed E-state index contributed by atoms with van der Waals surface area (Å²) in [6.45, 7) is 0.480. The summed E-state index contributed by atoms with van der Waals surface area (Å²) in [5.74, 6) is -1.88. The molecule has 2 aromatic carbocycles. The van der Waals surface area contributed by atoms with Gasteiger partial charge in [0.2, 0.25) is 0 Å². The molecular weight excluding hydrogens is 336 g/mol. The number of methoxy groups -OCH3 is 1. The zero-order chi connectivity index (χ0) is 17.3. The molecule has 0 radical (unpaired) electrons. The molecule has 0 amide bonds. The fraction of sp³-hybridized carbons (Fsp3) is 0.235. The van der Waals surface area contributed by atoms with Crippen LogP contribution in [0.2, 0.25) is 0 Å². The summed E-state index contributed by atoms with van der Waals surface area (Å²) in [4.78, 5) is 12.0. The first-order valence-electron chi connectivity index (χ1n) is 7.37. The van der Waals surface area contributed by atoms with Crippen LogP contribution in [0.1, 0.15) is 22.3 Å². The van der Waals surface area contributed by atoms with E-state index in [1.54, 1.807) is 4.31 Å². The Morgan fingerprint density at radius 1 is 1.25 bits per heavy atom. The molecule has 1 unspecified atom stereocenters. The number of fused-ring (bicyclic) bond motifs is 1. The van der Waals surface area contributed by atoms with E-state index in [0.717, 1.165) is 5.56 Å². The number of hydrogen-bond donors (Lipinski definition) is 0. The van der Waals surface area contributed by atoms with Gasteiger partial charge < -0.3 is 9.29 Å². The maximum absolute atomic E-state index is 14.2. The van der Waals surface area contributed by atoms with Crippen molar-refractivity contribution >= 4 is 23.0 Å². The summed E-state index contributed by atoms with van der Waals surface area (Å²) in [6.07, 6.45) is 1.36. The van der Waals surface area contributed by atoms with Gasteiger partial charge in [-0.15, -0.1) is 0 Å². The Hall–Kier alpha value is -2.12. The number of carbonyl (C=O) groups excluding carboxylic acids is 1. The summed E-state index contributed by atoms with van der Waals surface area (Å²) in [5, 5.41) is 0. The minimum absolute atomic E-state index is 0.134. The Morgan fingerprint density at radius 3 is 2.62 bits per heavy atom. The van der Waals surface area contributed by atoms with Crippen molar-refractivity contribution in [2.75, 3.05) is 18.0 Å². The van der Waals surface area contributed by atoms with Crippen molar-refractivity contribution in [2.45, 2.75) is 17.7 Å². The van der Waals surface area contributed by atoms with E-state index in [1.807, 2.05) is 0 Å². The molecule has 7 heteroatoms. The molecule has 0 saturated carbocycles. The molecule has 4 nitrogen and oxygen atoms in total. The second-order valence-corrected chi connectivity index (χ2v) is 6.77. The molecule has 2 aromatic rings. The highest BCUT2D eigenvalue weighted by atomic mass is 32.2. The van der Waals surface area contributed by atoms with Crippen LogP contribution >= 0.6 is 0 Å². The Morgan fingerprint density at radius 2 is 1.96 bits per heavy atom. The monoisotopic (exact) mass is 351 g/mol. The molecule has 0 aliphatic carbocycles. The molecule has 1 aliphatic heterocycles. The first-order chi connectivity index (χ1) is 11.5. The predicted octanol–water partition coefficient (Wildman–Crippen LogP) is 3.23. The average Bonchev–Trinajstić information content (AvgIpc) is 2.60. The fourth-order valence-corrected chi connectivity index (χ4v) is 3.96. The Labute approximate surface area is 141 Å². The van der Waals surface area contributed by atoms with Crippen molar-refractivity contribution in [2.24, 2.45) is 0 Å². The van der Waals surface area contributed by atoms with E-state index in [0.29, 0.717) is 30.0 Å². The third kappa shape index (κ3) is 3.09. The third-order valence-corrected chi connectivity index (χ3v) is 5.32. The van der Waals surface area contributed by atoms with Crippen LogP contribution in [-0.2, 0) is 22.5 Å². The average molecular weight is 351 g/mol. The molecule has 0 fully saturated rings. The number of hydrogen-bond acceptors (Lipinski definition) is 4. The quantitative estimate of drug-likeness (QED) is 0.629. The fourth-order valence-electron chi connectivity index (χ4n) is 2.69. The topological polar surface area (TPSA) is 52.6 Å². The van der Waals surface area contributed by atoms with Gasteiger partial charge in [0.25, 0.3) is 0 Å². The number of anilines is 1. The van der Waals surface area contributed by atoms with Crippen LogP contribution in [0.3, 0.4) is 0 Å². The summed E-state index contributed by atoms with van der Waals surface area (Å²) in [6, 6.07) is 8.02. The summed E-state index contributed by atoms with van der Waals surface area (Å²) < 4.78 is 46.2. The minimum Gasteiger partial charge on any atom is -0.588 e. The summed E-state index contributed by atoms with van der Waals surface area (Å²) in [5.41, 5.74) is 1.08. The second kappa shape index (κ2) is 6.78. The molecule has 24 heavy (non-hydrogen) atoms. The van der Waals surface area contributed by atoms with Crippen molar-refractivity contribution in [1.82, 2.24) is 0 Å². The maximum atomic E-state index is 14.2. The van der Waals surface area contributed by atoms with Gasteiger partial charge in [-0.05, 0) is 48.7 Å². The molecular formula is C17H15F2NO3S. The zero-order valence-electron chi connectivity index (χ0n) is 12.9. The number of ether oxygens (including phenoxy) is 1. The maximum Gasteiger partial charge on any atom is 0.340 e. The van der Waals surface area contributed by atoms with Crippen molar-refractivity contribution in [3.63, 3.8) is 0 Å². The molecule has 0 aromatic heterocycles. The highest BCUT2D eigenvalue weighted by molar-refractivity contribution is 7.92. The lowest BCUT2D eigenvalue weighted by Gasteiger charge is -2.31. The molecule has 1 atom stereocenters. The van der Waals surface area contributed by atoms with Gasteiger partial charge in [-0.1, -0.05) is 0 Å². The lowest BCUT2D eigenvalue weighted by Crippen LogP contribution is -2.35. The van der Waals surface area contributed by atoms with Crippen LogP contribution < -0.4 is 4.31 Å². The molecule has 1 aliphatic rings. The Bertz CT molecular complexity index is 767. The van der Waals surface area contributed by atoms with Gasteiger partial charge in [0.05, 0.1) is 24.9 Å². The molecule has 126 valence electrons. The van der Waals surface area contributed by atoms with E-state index < -0.39 is 29.0 Å². The second-order valence-electron chi connectivity index (χ2n) is 5.36. The van der Waals surface area contributed by atoms with Gasteiger partial charge in [-0.25, -0.2) is 13.6 Å². The zero-order valence-corrected chi connectivity index (χ0v) is 13.7. The lowest BCUT2D eigenvalue weighted by atomic mass is 10.0. The third-order valence-electron chi connectivity index (χ3n) is 3.87. The number of rotatable bonds is 3. The Kier molecular flexibility index (Phi) is 4.73. The molecule has 3 rings (SSSR count). The van der Waals surface area contributed by atoms with Crippen LogP contribution in [-0.4, -0.2) is 24.2 Å². The number of halogens is 2. The van der Waals surface area contributed by atoms with Crippen molar-refractivity contribution in [3.05, 3.63) is 59.2 Å². The first-order valence-corrected chi connectivity index (χ1v) is 8.47. The number of benzene rings is 2. The van der Waals surface area contributed by atoms with Gasteiger partial charge in [0.15, 0.2) is 4.90 Å². The van der Waals surface area contributed by atoms with Gasteiger partial charge in [-0.3, -0.25) is 0 Å². The first kappa shape index (κ1) is 16.7. The highest BCUT2D eigenvalue weighted by Gasteiger charge is 2.30. The van der Waals surface area contributed by atoms with Crippen molar-refractivity contribution in [3.8, 4) is 0 Å². The largest absolute Gasteiger partial charge is 0.588 e. The SMILES string of the molecule is COC(=O)c1cc2c(cc1F)N([S+]([O-])c1ccc(F)cc1)CCC2. The van der Waals surface area contributed by atoms with Crippen LogP contribution in [0.15, 0.2) is 41.3 Å². The highest BCUT2D eigenvalue weighted by Crippen LogP contribution is 2.34. The Balaban J connectivity index is 1.98. The summed E-state index contributed by atoms with van der Waals surface area (Å²) in [7, 11) is 1.19. The van der Waals surface area contributed by atoms with E-state index >= 15 is 0 Å². The number of esters is 1. The number of nitrogens with zero attached hydrogens (tertiary/aromatic N) is 1. The minimum atomic E-state index is -1.58. The van der Waals surface area contributed by atoms with Gasteiger partial charge in [0, 0.05) is 6.07 Å².